The molecule has 1 heterocycles. The van der Waals surface area contributed by atoms with Gasteiger partial charge in [-0.25, -0.2) is 0 Å². The zero-order valence-electron chi connectivity index (χ0n) is 11.8. The molecule has 3 heteroatoms. The van der Waals surface area contributed by atoms with Gasteiger partial charge in [0.2, 0.25) is 0 Å². The van der Waals surface area contributed by atoms with Crippen molar-refractivity contribution in [3.8, 4) is 0 Å². The summed E-state index contributed by atoms with van der Waals surface area (Å²) in [5, 5.41) is 3.55. The second-order valence-corrected chi connectivity index (χ2v) is 5.67. The van der Waals surface area contributed by atoms with Crippen molar-refractivity contribution in [2.24, 2.45) is 0 Å². The van der Waals surface area contributed by atoms with Gasteiger partial charge in [0.15, 0.2) is 0 Å². The summed E-state index contributed by atoms with van der Waals surface area (Å²) in [7, 11) is 0. The van der Waals surface area contributed by atoms with E-state index in [4.69, 9.17) is 4.74 Å². The SMILES string of the molecule is CCC1CN(c2ccc(CNC3CC3)cc2)CCO1. The minimum absolute atomic E-state index is 0.393. The number of nitrogens with one attached hydrogen (secondary N) is 1. The number of benzene rings is 1. The van der Waals surface area contributed by atoms with Crippen molar-refractivity contribution in [2.75, 3.05) is 24.6 Å². The molecule has 3 nitrogen and oxygen atoms in total. The van der Waals surface area contributed by atoms with Crippen LogP contribution in [0.25, 0.3) is 0 Å². The Balaban J connectivity index is 1.57. The standard InChI is InChI=1S/C16H24N2O/c1-2-16-12-18(9-10-19-16)15-7-3-13(4-8-15)11-17-14-5-6-14/h3-4,7-8,14,16-17H,2,5-6,9-12H2,1H3. The molecule has 104 valence electrons. The minimum Gasteiger partial charge on any atom is -0.375 e. The minimum atomic E-state index is 0.393. The Morgan fingerprint density at radius 2 is 2.05 bits per heavy atom. The third-order valence-electron chi connectivity index (χ3n) is 4.07. The third kappa shape index (κ3) is 3.48. The molecule has 0 bridgehead atoms. The maximum absolute atomic E-state index is 5.72. The zero-order valence-corrected chi connectivity index (χ0v) is 11.8. The molecule has 0 spiro atoms. The summed E-state index contributed by atoms with van der Waals surface area (Å²) in [5.74, 6) is 0. The Hall–Kier alpha value is -1.06. The van der Waals surface area contributed by atoms with Gasteiger partial charge in [-0.05, 0) is 37.0 Å². The van der Waals surface area contributed by atoms with Crippen LogP contribution in [0.15, 0.2) is 24.3 Å². The third-order valence-corrected chi connectivity index (χ3v) is 4.07. The summed E-state index contributed by atoms with van der Waals surface area (Å²) in [6.45, 7) is 6.09. The highest BCUT2D eigenvalue weighted by Gasteiger charge is 2.20. The number of hydrogen-bond donors (Lipinski definition) is 1. The van der Waals surface area contributed by atoms with Crippen LogP contribution in [-0.2, 0) is 11.3 Å². The lowest BCUT2D eigenvalue weighted by Crippen LogP contribution is -2.42. The second-order valence-electron chi connectivity index (χ2n) is 5.67. The van der Waals surface area contributed by atoms with E-state index in [1.54, 1.807) is 0 Å². The first-order valence-corrected chi connectivity index (χ1v) is 7.54. The highest BCUT2D eigenvalue weighted by molar-refractivity contribution is 5.48. The van der Waals surface area contributed by atoms with Gasteiger partial charge < -0.3 is 15.0 Å². The lowest BCUT2D eigenvalue weighted by molar-refractivity contribution is 0.0384. The predicted molar refractivity (Wildman–Crippen MR) is 78.5 cm³/mol. The molecule has 0 aromatic heterocycles. The molecule has 0 radical (unpaired) electrons. The molecule has 1 aromatic rings. The second kappa shape index (κ2) is 5.93. The number of morpholine rings is 1. The van der Waals surface area contributed by atoms with E-state index in [9.17, 15) is 0 Å². The van der Waals surface area contributed by atoms with E-state index < -0.39 is 0 Å². The van der Waals surface area contributed by atoms with Gasteiger partial charge in [0, 0.05) is 31.4 Å². The van der Waals surface area contributed by atoms with E-state index in [2.05, 4.69) is 41.4 Å². The first-order chi connectivity index (χ1) is 9.35. The lowest BCUT2D eigenvalue weighted by atomic mass is 10.1. The summed E-state index contributed by atoms with van der Waals surface area (Å²) in [5.41, 5.74) is 2.72. The Morgan fingerprint density at radius 1 is 1.26 bits per heavy atom. The van der Waals surface area contributed by atoms with Crippen molar-refractivity contribution in [3.05, 3.63) is 29.8 Å². The van der Waals surface area contributed by atoms with E-state index >= 15 is 0 Å². The molecule has 2 aliphatic rings. The van der Waals surface area contributed by atoms with Gasteiger partial charge in [0.25, 0.3) is 0 Å². The number of nitrogens with zero attached hydrogens (tertiary/aromatic N) is 1. The molecule has 19 heavy (non-hydrogen) atoms. The van der Waals surface area contributed by atoms with Gasteiger partial charge in [-0.2, -0.15) is 0 Å². The normalized spacial score (nSPS) is 23.6. The summed E-state index contributed by atoms with van der Waals surface area (Å²) < 4.78 is 5.72. The summed E-state index contributed by atoms with van der Waals surface area (Å²) in [6.07, 6.45) is 4.19. The van der Waals surface area contributed by atoms with Crippen LogP contribution in [0.2, 0.25) is 0 Å². The van der Waals surface area contributed by atoms with Gasteiger partial charge in [-0.3, -0.25) is 0 Å². The van der Waals surface area contributed by atoms with E-state index in [-0.39, 0.29) is 0 Å². The highest BCUT2D eigenvalue weighted by Crippen LogP contribution is 2.21. The monoisotopic (exact) mass is 260 g/mol. The topological polar surface area (TPSA) is 24.5 Å². The molecular weight excluding hydrogens is 236 g/mol. The molecule has 3 rings (SSSR count). The molecule has 1 saturated heterocycles. The number of rotatable bonds is 5. The van der Waals surface area contributed by atoms with Crippen LogP contribution < -0.4 is 10.2 Å². The van der Waals surface area contributed by atoms with E-state index in [0.29, 0.717) is 6.10 Å². The smallest absolute Gasteiger partial charge is 0.0748 e. The highest BCUT2D eigenvalue weighted by atomic mass is 16.5. The predicted octanol–water partition coefficient (Wildman–Crippen LogP) is 2.55. The summed E-state index contributed by atoms with van der Waals surface area (Å²) in [4.78, 5) is 2.44. The fourth-order valence-corrected chi connectivity index (χ4v) is 2.58. The first-order valence-electron chi connectivity index (χ1n) is 7.54. The lowest BCUT2D eigenvalue weighted by Gasteiger charge is -2.34. The van der Waals surface area contributed by atoms with Crippen molar-refractivity contribution < 1.29 is 4.74 Å². The zero-order chi connectivity index (χ0) is 13.1. The van der Waals surface area contributed by atoms with Crippen molar-refractivity contribution in [1.29, 1.82) is 0 Å². The van der Waals surface area contributed by atoms with Crippen molar-refractivity contribution in [1.82, 2.24) is 5.32 Å². The van der Waals surface area contributed by atoms with Crippen molar-refractivity contribution >= 4 is 5.69 Å². The Labute approximate surface area is 115 Å². The Morgan fingerprint density at radius 3 is 2.74 bits per heavy atom. The average molecular weight is 260 g/mol. The number of ether oxygens (including phenoxy) is 1. The van der Waals surface area contributed by atoms with Crippen molar-refractivity contribution in [2.45, 2.75) is 44.9 Å². The van der Waals surface area contributed by atoms with Crippen LogP contribution in [0, 0.1) is 0 Å². The number of hydrogen-bond acceptors (Lipinski definition) is 3. The molecule has 1 unspecified atom stereocenters. The molecular formula is C16H24N2O. The molecule has 1 atom stereocenters. The molecule has 1 N–H and O–H groups in total. The van der Waals surface area contributed by atoms with Crippen LogP contribution in [0.3, 0.4) is 0 Å². The van der Waals surface area contributed by atoms with Gasteiger partial charge in [-0.1, -0.05) is 19.1 Å². The summed E-state index contributed by atoms with van der Waals surface area (Å²) in [6, 6.07) is 9.79. The Bertz CT molecular complexity index is 400. The fourth-order valence-electron chi connectivity index (χ4n) is 2.58. The van der Waals surface area contributed by atoms with Gasteiger partial charge >= 0.3 is 0 Å². The average Bonchev–Trinajstić information content (AvgIpc) is 3.30. The first kappa shape index (κ1) is 12.9. The number of anilines is 1. The maximum Gasteiger partial charge on any atom is 0.0748 e. The Kier molecular flexibility index (Phi) is 4.04. The molecule has 2 fully saturated rings. The molecule has 1 aliphatic carbocycles. The van der Waals surface area contributed by atoms with E-state index in [1.165, 1.54) is 24.1 Å². The largest absolute Gasteiger partial charge is 0.375 e. The maximum atomic E-state index is 5.72. The summed E-state index contributed by atoms with van der Waals surface area (Å²) >= 11 is 0. The van der Waals surface area contributed by atoms with Crippen LogP contribution in [-0.4, -0.2) is 31.8 Å². The van der Waals surface area contributed by atoms with Gasteiger partial charge in [-0.15, -0.1) is 0 Å². The molecule has 0 amide bonds. The molecule has 1 aliphatic heterocycles. The van der Waals surface area contributed by atoms with Crippen LogP contribution >= 0.6 is 0 Å². The van der Waals surface area contributed by atoms with Crippen molar-refractivity contribution in [3.63, 3.8) is 0 Å². The van der Waals surface area contributed by atoms with Gasteiger partial charge in [0.05, 0.1) is 12.7 Å². The van der Waals surface area contributed by atoms with E-state index in [0.717, 1.165) is 38.7 Å². The van der Waals surface area contributed by atoms with Crippen LogP contribution in [0.1, 0.15) is 31.7 Å². The van der Waals surface area contributed by atoms with Crippen LogP contribution in [0.5, 0.6) is 0 Å². The quantitative estimate of drug-likeness (QED) is 0.880. The molecule has 1 saturated carbocycles. The van der Waals surface area contributed by atoms with Crippen LogP contribution in [0.4, 0.5) is 5.69 Å². The van der Waals surface area contributed by atoms with E-state index in [1.807, 2.05) is 0 Å². The fraction of sp³-hybridized carbons (Fsp3) is 0.625. The molecule has 1 aromatic carbocycles. The van der Waals surface area contributed by atoms with Gasteiger partial charge in [0.1, 0.15) is 0 Å².